The van der Waals surface area contributed by atoms with Crippen molar-refractivity contribution in [3.63, 3.8) is 0 Å². The first-order valence-electron chi connectivity index (χ1n) is 9.46. The molecule has 1 N–H and O–H groups in total. The fraction of sp³-hybridized carbons (Fsp3) is 0.227. The van der Waals surface area contributed by atoms with E-state index in [4.69, 9.17) is 4.74 Å². The lowest BCUT2D eigenvalue weighted by molar-refractivity contribution is -0.132. The van der Waals surface area contributed by atoms with Crippen molar-refractivity contribution in [2.45, 2.75) is 25.4 Å². The summed E-state index contributed by atoms with van der Waals surface area (Å²) in [7, 11) is 1.57. The van der Waals surface area contributed by atoms with E-state index in [9.17, 15) is 14.0 Å². The van der Waals surface area contributed by atoms with Crippen LogP contribution in [0.15, 0.2) is 53.9 Å². The molecule has 2 heterocycles. The van der Waals surface area contributed by atoms with Crippen molar-refractivity contribution in [2.75, 3.05) is 7.11 Å². The summed E-state index contributed by atoms with van der Waals surface area (Å²) >= 11 is 1.38. The molecular formula is C22H20FN3O3S. The van der Waals surface area contributed by atoms with Gasteiger partial charge in [-0.15, -0.1) is 11.3 Å². The maximum absolute atomic E-state index is 13.3. The third kappa shape index (κ3) is 3.43. The number of urea groups is 1. The van der Waals surface area contributed by atoms with E-state index >= 15 is 0 Å². The maximum atomic E-state index is 13.3. The molecule has 0 radical (unpaired) electrons. The van der Waals surface area contributed by atoms with Gasteiger partial charge in [-0.3, -0.25) is 9.69 Å². The number of hydrogen-bond acceptors (Lipinski definition) is 5. The first-order chi connectivity index (χ1) is 14.5. The molecule has 154 valence electrons. The Kier molecular flexibility index (Phi) is 5.26. The lowest BCUT2D eigenvalue weighted by Crippen LogP contribution is -2.43. The average Bonchev–Trinajstić information content (AvgIpc) is 3.33. The SMILES string of the molecule is CCC1(c2ccc(OC)cc2)NC(=O)N(Cc2csc(-c3ccc(F)cc3)n2)C1=O. The highest BCUT2D eigenvalue weighted by atomic mass is 32.1. The Morgan fingerprint density at radius 1 is 1.13 bits per heavy atom. The van der Waals surface area contributed by atoms with Gasteiger partial charge in [-0.05, 0) is 48.4 Å². The number of nitrogens with zero attached hydrogens (tertiary/aromatic N) is 2. The number of thiazole rings is 1. The summed E-state index contributed by atoms with van der Waals surface area (Å²) in [5.41, 5.74) is 0.978. The topological polar surface area (TPSA) is 71.5 Å². The van der Waals surface area contributed by atoms with Gasteiger partial charge in [0, 0.05) is 10.9 Å². The fourth-order valence-electron chi connectivity index (χ4n) is 3.55. The van der Waals surface area contributed by atoms with E-state index in [-0.39, 0.29) is 18.3 Å². The van der Waals surface area contributed by atoms with Crippen molar-refractivity contribution in [3.8, 4) is 16.3 Å². The number of rotatable bonds is 6. The smallest absolute Gasteiger partial charge is 0.325 e. The maximum Gasteiger partial charge on any atom is 0.325 e. The molecule has 1 aromatic heterocycles. The van der Waals surface area contributed by atoms with Gasteiger partial charge in [0.15, 0.2) is 0 Å². The second kappa shape index (κ2) is 7.87. The molecule has 1 saturated heterocycles. The molecule has 1 fully saturated rings. The Hall–Kier alpha value is -3.26. The fourth-order valence-corrected chi connectivity index (χ4v) is 4.37. The van der Waals surface area contributed by atoms with Gasteiger partial charge in [-0.2, -0.15) is 0 Å². The number of halogens is 1. The molecule has 1 aliphatic rings. The Balaban J connectivity index is 1.57. The van der Waals surface area contributed by atoms with Crippen molar-refractivity contribution in [1.29, 1.82) is 0 Å². The third-order valence-corrected chi connectivity index (χ3v) is 6.19. The van der Waals surface area contributed by atoms with E-state index in [0.717, 1.165) is 5.56 Å². The van der Waals surface area contributed by atoms with Gasteiger partial charge in [0.1, 0.15) is 22.1 Å². The minimum absolute atomic E-state index is 0.0697. The quantitative estimate of drug-likeness (QED) is 0.597. The van der Waals surface area contributed by atoms with Crippen LogP contribution in [0.4, 0.5) is 9.18 Å². The highest BCUT2D eigenvalue weighted by Crippen LogP contribution is 2.34. The normalized spacial score (nSPS) is 18.6. The van der Waals surface area contributed by atoms with E-state index in [1.807, 2.05) is 6.92 Å². The number of nitrogens with one attached hydrogen (secondary N) is 1. The molecule has 30 heavy (non-hydrogen) atoms. The zero-order chi connectivity index (χ0) is 21.3. The van der Waals surface area contributed by atoms with E-state index < -0.39 is 11.6 Å². The monoisotopic (exact) mass is 425 g/mol. The Morgan fingerprint density at radius 3 is 2.47 bits per heavy atom. The number of benzene rings is 2. The van der Waals surface area contributed by atoms with Crippen molar-refractivity contribution >= 4 is 23.3 Å². The molecular weight excluding hydrogens is 405 g/mol. The minimum Gasteiger partial charge on any atom is -0.497 e. The van der Waals surface area contributed by atoms with Gasteiger partial charge in [-0.1, -0.05) is 19.1 Å². The van der Waals surface area contributed by atoms with Crippen LogP contribution in [0.2, 0.25) is 0 Å². The summed E-state index contributed by atoms with van der Waals surface area (Å²) in [6.07, 6.45) is 0.415. The van der Waals surface area contributed by atoms with Crippen LogP contribution < -0.4 is 10.1 Å². The molecule has 6 nitrogen and oxygen atoms in total. The number of methoxy groups -OCH3 is 1. The molecule has 0 saturated carbocycles. The Morgan fingerprint density at radius 2 is 1.83 bits per heavy atom. The molecule has 1 aliphatic heterocycles. The summed E-state index contributed by atoms with van der Waals surface area (Å²) in [5, 5.41) is 5.37. The van der Waals surface area contributed by atoms with E-state index in [2.05, 4.69) is 10.3 Å². The zero-order valence-electron chi connectivity index (χ0n) is 16.5. The number of carbonyl (C=O) groups excluding carboxylic acids is 2. The summed E-state index contributed by atoms with van der Waals surface area (Å²) in [6, 6.07) is 12.7. The Bertz CT molecular complexity index is 1080. The molecule has 2 aromatic carbocycles. The first kappa shape index (κ1) is 20.0. The van der Waals surface area contributed by atoms with Crippen LogP contribution in [0.3, 0.4) is 0 Å². The molecule has 1 atom stereocenters. The number of amides is 3. The highest BCUT2D eigenvalue weighted by Gasteiger charge is 2.51. The summed E-state index contributed by atoms with van der Waals surface area (Å²) < 4.78 is 18.3. The highest BCUT2D eigenvalue weighted by molar-refractivity contribution is 7.13. The number of hydrogen-bond donors (Lipinski definition) is 1. The molecule has 0 bridgehead atoms. The van der Waals surface area contributed by atoms with Gasteiger partial charge in [0.2, 0.25) is 0 Å². The van der Waals surface area contributed by atoms with Crippen LogP contribution in [-0.4, -0.2) is 28.9 Å². The zero-order valence-corrected chi connectivity index (χ0v) is 17.3. The first-order valence-corrected chi connectivity index (χ1v) is 10.3. The molecule has 8 heteroatoms. The molecule has 4 rings (SSSR count). The number of imide groups is 1. The van der Waals surface area contributed by atoms with Crippen molar-refractivity contribution in [1.82, 2.24) is 15.2 Å². The summed E-state index contributed by atoms with van der Waals surface area (Å²) in [4.78, 5) is 31.7. The van der Waals surface area contributed by atoms with Crippen LogP contribution in [0.5, 0.6) is 5.75 Å². The molecule has 3 amide bonds. The lowest BCUT2D eigenvalue weighted by Gasteiger charge is -2.25. The van der Waals surface area contributed by atoms with E-state index in [0.29, 0.717) is 28.4 Å². The van der Waals surface area contributed by atoms with Crippen LogP contribution in [-0.2, 0) is 16.9 Å². The third-order valence-electron chi connectivity index (χ3n) is 5.25. The largest absolute Gasteiger partial charge is 0.497 e. The van der Waals surface area contributed by atoms with Crippen molar-refractivity contribution in [3.05, 3.63) is 71.0 Å². The van der Waals surface area contributed by atoms with Gasteiger partial charge < -0.3 is 10.1 Å². The summed E-state index contributed by atoms with van der Waals surface area (Å²) in [5.74, 6) is 0.0511. The average molecular weight is 425 g/mol. The second-order valence-electron chi connectivity index (χ2n) is 6.96. The number of aromatic nitrogens is 1. The molecule has 0 spiro atoms. The second-order valence-corrected chi connectivity index (χ2v) is 7.82. The summed E-state index contributed by atoms with van der Waals surface area (Å²) in [6.45, 7) is 1.93. The lowest BCUT2D eigenvalue weighted by atomic mass is 9.87. The number of ether oxygens (including phenoxy) is 1. The van der Waals surface area contributed by atoms with E-state index in [1.54, 1.807) is 48.9 Å². The van der Waals surface area contributed by atoms with Crippen molar-refractivity contribution in [2.24, 2.45) is 0 Å². The van der Waals surface area contributed by atoms with Gasteiger partial charge in [-0.25, -0.2) is 14.2 Å². The van der Waals surface area contributed by atoms with Crippen LogP contribution in [0.25, 0.3) is 10.6 Å². The van der Waals surface area contributed by atoms with E-state index in [1.165, 1.54) is 28.4 Å². The van der Waals surface area contributed by atoms with Crippen LogP contribution >= 0.6 is 11.3 Å². The predicted octanol–water partition coefficient (Wildman–Crippen LogP) is 4.32. The van der Waals surface area contributed by atoms with Gasteiger partial charge >= 0.3 is 6.03 Å². The Labute approximate surface area is 177 Å². The van der Waals surface area contributed by atoms with Crippen LogP contribution in [0.1, 0.15) is 24.6 Å². The standard InChI is InChI=1S/C22H20FN3O3S/c1-3-22(15-6-10-18(29-2)11-7-15)20(27)26(21(28)25-22)12-17-13-30-19(24-17)14-4-8-16(23)9-5-14/h4-11,13H,3,12H2,1-2H3,(H,25,28). The van der Waals surface area contributed by atoms with Gasteiger partial charge in [0.25, 0.3) is 5.91 Å². The molecule has 1 unspecified atom stereocenters. The molecule has 0 aliphatic carbocycles. The predicted molar refractivity (Wildman–Crippen MR) is 112 cm³/mol. The van der Waals surface area contributed by atoms with Gasteiger partial charge in [0.05, 0.1) is 19.3 Å². The van der Waals surface area contributed by atoms with Crippen LogP contribution in [0, 0.1) is 5.82 Å². The minimum atomic E-state index is -1.11. The molecule has 3 aromatic rings. The number of carbonyl (C=O) groups is 2. The van der Waals surface area contributed by atoms with Crippen molar-refractivity contribution < 1.29 is 18.7 Å².